The van der Waals surface area contributed by atoms with E-state index >= 15 is 0 Å². The molecule has 0 saturated carbocycles. The highest BCUT2D eigenvalue weighted by Gasteiger charge is 2.51. The van der Waals surface area contributed by atoms with Crippen LogP contribution in [-0.2, 0) is 5.41 Å². The van der Waals surface area contributed by atoms with Crippen molar-refractivity contribution in [1.29, 1.82) is 0 Å². The van der Waals surface area contributed by atoms with E-state index in [1.54, 1.807) is 0 Å². The van der Waals surface area contributed by atoms with Gasteiger partial charge in [-0.05, 0) is 74.8 Å². The Morgan fingerprint density at radius 3 is 1.55 bits per heavy atom. The standard InChI is InChI=1S/C54H33N3O/c1-55-42-28-24-36(25-29-42)41-27-31-52-48(33-41)54(46-18-10-11-19-51(46)58-52)45-17-9-8-16-43(45)44-30-26-40(32-47(44)54)35-20-22-39(23-21-35)53-56-49(37-12-4-2-5-13-37)34-50(57-53)38-14-6-3-7-15-38/h2-34H. The van der Waals surface area contributed by atoms with E-state index in [2.05, 4.69) is 138 Å². The van der Waals surface area contributed by atoms with E-state index in [9.17, 15) is 0 Å². The van der Waals surface area contributed by atoms with Crippen LogP contribution in [0.5, 0.6) is 11.5 Å². The molecule has 1 spiro atoms. The van der Waals surface area contributed by atoms with Crippen LogP contribution in [0.25, 0.3) is 72.1 Å². The van der Waals surface area contributed by atoms with Gasteiger partial charge in [0.2, 0.25) is 0 Å². The largest absolute Gasteiger partial charge is 0.457 e. The van der Waals surface area contributed by atoms with Gasteiger partial charge >= 0.3 is 0 Å². The van der Waals surface area contributed by atoms with Gasteiger partial charge in [0.1, 0.15) is 11.5 Å². The molecule has 0 N–H and O–H groups in total. The third-order valence-electron chi connectivity index (χ3n) is 11.6. The zero-order chi connectivity index (χ0) is 38.6. The van der Waals surface area contributed by atoms with Crippen LogP contribution in [0.15, 0.2) is 200 Å². The molecule has 2 aliphatic rings. The number of hydrogen-bond donors (Lipinski definition) is 0. The van der Waals surface area contributed by atoms with Crippen molar-refractivity contribution < 1.29 is 4.74 Å². The van der Waals surface area contributed by atoms with Gasteiger partial charge < -0.3 is 4.74 Å². The number of aromatic nitrogens is 2. The van der Waals surface area contributed by atoms with Gasteiger partial charge in [0.15, 0.2) is 11.5 Å². The summed E-state index contributed by atoms with van der Waals surface area (Å²) in [5.74, 6) is 2.38. The highest BCUT2D eigenvalue weighted by atomic mass is 16.5. The van der Waals surface area contributed by atoms with Gasteiger partial charge in [-0.25, -0.2) is 14.8 Å². The molecular formula is C54H33N3O. The quantitative estimate of drug-likeness (QED) is 0.165. The van der Waals surface area contributed by atoms with Gasteiger partial charge in [-0.1, -0.05) is 170 Å². The normalized spacial score (nSPS) is 14.4. The van der Waals surface area contributed by atoms with Crippen molar-refractivity contribution in [2.45, 2.75) is 5.41 Å². The third-order valence-corrected chi connectivity index (χ3v) is 11.6. The molecule has 1 aliphatic carbocycles. The molecule has 4 nitrogen and oxygen atoms in total. The summed E-state index contributed by atoms with van der Waals surface area (Å²) in [5, 5.41) is 0. The zero-order valence-electron chi connectivity index (χ0n) is 31.3. The highest BCUT2D eigenvalue weighted by Crippen LogP contribution is 2.62. The molecule has 0 radical (unpaired) electrons. The van der Waals surface area contributed by atoms with Gasteiger partial charge in [0.25, 0.3) is 0 Å². The van der Waals surface area contributed by atoms with Crippen LogP contribution in [0.1, 0.15) is 22.3 Å². The van der Waals surface area contributed by atoms with Crippen molar-refractivity contribution in [2.24, 2.45) is 0 Å². The van der Waals surface area contributed by atoms with Gasteiger partial charge in [-0.3, -0.25) is 0 Å². The average Bonchev–Trinajstić information content (AvgIpc) is 3.59. The summed E-state index contributed by atoms with van der Waals surface area (Å²) in [7, 11) is 0. The highest BCUT2D eigenvalue weighted by molar-refractivity contribution is 5.91. The van der Waals surface area contributed by atoms with Crippen LogP contribution in [0.4, 0.5) is 5.69 Å². The fourth-order valence-electron chi connectivity index (χ4n) is 8.89. The molecular weight excluding hydrogens is 707 g/mol. The van der Waals surface area contributed by atoms with E-state index in [0.29, 0.717) is 11.5 Å². The molecule has 2 heterocycles. The summed E-state index contributed by atoms with van der Waals surface area (Å²) < 4.78 is 6.71. The summed E-state index contributed by atoms with van der Waals surface area (Å²) in [5.41, 5.74) is 16.3. The smallest absolute Gasteiger partial charge is 0.187 e. The molecule has 1 unspecified atom stereocenters. The summed E-state index contributed by atoms with van der Waals surface area (Å²) >= 11 is 0. The zero-order valence-corrected chi connectivity index (χ0v) is 31.3. The lowest BCUT2D eigenvalue weighted by molar-refractivity contribution is 0.436. The number of fused-ring (bicyclic) bond motifs is 9. The molecule has 4 heteroatoms. The van der Waals surface area contributed by atoms with Crippen LogP contribution >= 0.6 is 0 Å². The number of nitrogens with zero attached hydrogens (tertiary/aromatic N) is 3. The lowest BCUT2D eigenvalue weighted by atomic mass is 9.65. The fourth-order valence-corrected chi connectivity index (χ4v) is 8.89. The second-order valence-electron chi connectivity index (χ2n) is 14.8. The van der Waals surface area contributed by atoms with Gasteiger partial charge in [-0.15, -0.1) is 0 Å². The van der Waals surface area contributed by atoms with E-state index in [4.69, 9.17) is 21.3 Å². The lowest BCUT2D eigenvalue weighted by Gasteiger charge is -2.39. The maximum atomic E-state index is 7.47. The second kappa shape index (κ2) is 13.4. The Labute approximate surface area is 337 Å². The minimum atomic E-state index is -0.627. The third kappa shape index (κ3) is 5.29. The van der Waals surface area contributed by atoms with Crippen LogP contribution in [0.2, 0.25) is 0 Å². The van der Waals surface area contributed by atoms with Crippen LogP contribution in [0.3, 0.4) is 0 Å². The Hall–Kier alpha value is -7.87. The lowest BCUT2D eigenvalue weighted by Crippen LogP contribution is -2.32. The van der Waals surface area contributed by atoms with Crippen molar-refractivity contribution in [3.05, 3.63) is 234 Å². The van der Waals surface area contributed by atoms with Crippen LogP contribution < -0.4 is 4.74 Å². The first-order valence-corrected chi connectivity index (χ1v) is 19.4. The predicted octanol–water partition coefficient (Wildman–Crippen LogP) is 13.8. The minimum Gasteiger partial charge on any atom is -0.457 e. The van der Waals surface area contributed by atoms with E-state index in [1.807, 2.05) is 66.7 Å². The Balaban J connectivity index is 1.06. The van der Waals surface area contributed by atoms with Crippen molar-refractivity contribution in [3.8, 4) is 78.8 Å². The average molecular weight is 740 g/mol. The maximum absolute atomic E-state index is 7.47. The summed E-state index contributed by atoms with van der Waals surface area (Å²) in [6.07, 6.45) is 0. The van der Waals surface area contributed by atoms with Crippen LogP contribution in [-0.4, -0.2) is 9.97 Å². The summed E-state index contributed by atoms with van der Waals surface area (Å²) in [4.78, 5) is 13.8. The van der Waals surface area contributed by atoms with E-state index < -0.39 is 5.41 Å². The van der Waals surface area contributed by atoms with Gasteiger partial charge in [0, 0.05) is 27.8 Å². The first-order valence-electron chi connectivity index (χ1n) is 19.4. The van der Waals surface area contributed by atoms with Gasteiger partial charge in [0.05, 0.1) is 23.4 Å². The topological polar surface area (TPSA) is 39.4 Å². The number of benzene rings is 8. The number of rotatable bonds is 5. The first kappa shape index (κ1) is 33.5. The van der Waals surface area contributed by atoms with E-state index in [1.165, 1.54) is 22.3 Å². The summed E-state index contributed by atoms with van der Waals surface area (Å²) in [6, 6.07) is 69.8. The molecule has 0 bridgehead atoms. The molecule has 11 rings (SSSR count). The molecule has 9 aromatic rings. The second-order valence-corrected chi connectivity index (χ2v) is 14.8. The minimum absolute atomic E-state index is 0.625. The molecule has 1 atom stereocenters. The Morgan fingerprint density at radius 2 is 0.879 bits per heavy atom. The molecule has 8 aromatic carbocycles. The summed E-state index contributed by atoms with van der Waals surface area (Å²) in [6.45, 7) is 7.47. The van der Waals surface area contributed by atoms with Crippen molar-refractivity contribution in [1.82, 2.24) is 9.97 Å². The molecule has 0 saturated heterocycles. The van der Waals surface area contributed by atoms with Gasteiger partial charge in [-0.2, -0.15) is 0 Å². The van der Waals surface area contributed by atoms with Crippen molar-refractivity contribution >= 4 is 5.69 Å². The predicted molar refractivity (Wildman–Crippen MR) is 233 cm³/mol. The fraction of sp³-hybridized carbons (Fsp3) is 0.0185. The van der Waals surface area contributed by atoms with E-state index in [0.717, 1.165) is 73.0 Å². The molecule has 0 fully saturated rings. The Morgan fingerprint density at radius 1 is 0.379 bits per heavy atom. The SMILES string of the molecule is [C-]#[N+]c1ccc(-c2ccc3c(c2)C2(c4ccccc4O3)c3ccccc3-c3ccc(-c4ccc(-c5nc(-c6ccccc6)cc(-c6ccccc6)n5)cc4)cc32)cc1. The Kier molecular flexibility index (Phi) is 7.74. The molecule has 58 heavy (non-hydrogen) atoms. The molecule has 0 amide bonds. The van der Waals surface area contributed by atoms with Crippen molar-refractivity contribution in [3.63, 3.8) is 0 Å². The number of para-hydroxylation sites is 1. The maximum Gasteiger partial charge on any atom is 0.187 e. The number of ether oxygens (including phenoxy) is 1. The molecule has 1 aliphatic heterocycles. The molecule has 1 aromatic heterocycles. The first-order chi connectivity index (χ1) is 28.7. The van der Waals surface area contributed by atoms with E-state index in [-0.39, 0.29) is 0 Å². The number of hydrogen-bond acceptors (Lipinski definition) is 3. The Bertz CT molecular complexity index is 3020. The van der Waals surface area contributed by atoms with Crippen LogP contribution in [0, 0.1) is 6.57 Å². The monoisotopic (exact) mass is 739 g/mol. The molecule has 270 valence electrons. The van der Waals surface area contributed by atoms with Crippen molar-refractivity contribution in [2.75, 3.05) is 0 Å².